The summed E-state index contributed by atoms with van der Waals surface area (Å²) in [4.78, 5) is 29.3. The Labute approximate surface area is 226 Å². The van der Waals surface area contributed by atoms with E-state index in [9.17, 15) is 4.79 Å². The summed E-state index contributed by atoms with van der Waals surface area (Å²) in [6, 6.07) is 7.21. The lowest BCUT2D eigenvalue weighted by atomic mass is 9.99. The van der Waals surface area contributed by atoms with Crippen molar-refractivity contribution in [3.05, 3.63) is 46.9 Å². The minimum atomic E-state index is 0.0134. The highest BCUT2D eigenvalue weighted by Crippen LogP contribution is 2.27. The molecular formula is C29H42N6O3. The summed E-state index contributed by atoms with van der Waals surface area (Å²) in [7, 11) is 1.75. The predicted molar refractivity (Wildman–Crippen MR) is 149 cm³/mol. The van der Waals surface area contributed by atoms with Crippen LogP contribution < -0.4 is 15.1 Å². The highest BCUT2D eigenvalue weighted by atomic mass is 16.5. The second-order valence-corrected chi connectivity index (χ2v) is 10.8. The number of benzene rings is 1. The molecule has 38 heavy (non-hydrogen) atoms. The molecule has 0 saturated carbocycles. The van der Waals surface area contributed by atoms with E-state index < -0.39 is 0 Å². The number of anilines is 2. The molecule has 3 aliphatic rings. The highest BCUT2D eigenvalue weighted by Gasteiger charge is 2.31. The van der Waals surface area contributed by atoms with E-state index in [-0.39, 0.29) is 12.0 Å². The number of hydrogen-bond donors (Lipinski definition) is 1. The molecule has 2 unspecified atom stereocenters. The van der Waals surface area contributed by atoms with Crippen LogP contribution in [0.5, 0.6) is 0 Å². The molecule has 0 bridgehead atoms. The minimum absolute atomic E-state index is 0.0134. The molecule has 0 aliphatic carbocycles. The van der Waals surface area contributed by atoms with Crippen molar-refractivity contribution in [2.75, 3.05) is 69.4 Å². The number of rotatable bonds is 6. The second-order valence-electron chi connectivity index (χ2n) is 10.8. The summed E-state index contributed by atoms with van der Waals surface area (Å²) in [5.41, 5.74) is 5.39. The molecule has 2 aromatic rings. The normalized spacial score (nSPS) is 23.1. The average molecular weight is 523 g/mol. The Morgan fingerprint density at radius 2 is 1.71 bits per heavy atom. The van der Waals surface area contributed by atoms with E-state index in [4.69, 9.17) is 9.47 Å². The number of aryl methyl sites for hydroxylation is 1. The molecule has 0 spiro atoms. The summed E-state index contributed by atoms with van der Waals surface area (Å²) in [6.45, 7) is 12.8. The van der Waals surface area contributed by atoms with E-state index in [1.54, 1.807) is 13.4 Å². The molecule has 9 nitrogen and oxygen atoms in total. The van der Waals surface area contributed by atoms with Gasteiger partial charge in [0.2, 0.25) is 0 Å². The van der Waals surface area contributed by atoms with Crippen LogP contribution in [-0.2, 0) is 9.47 Å². The van der Waals surface area contributed by atoms with Crippen molar-refractivity contribution in [1.29, 1.82) is 0 Å². The molecule has 206 valence electrons. The van der Waals surface area contributed by atoms with Gasteiger partial charge in [0, 0.05) is 76.3 Å². The maximum absolute atomic E-state index is 13.5. The van der Waals surface area contributed by atoms with Gasteiger partial charge in [-0.05, 0) is 57.2 Å². The maximum atomic E-state index is 13.5. The third kappa shape index (κ3) is 5.65. The monoisotopic (exact) mass is 522 g/mol. The van der Waals surface area contributed by atoms with Crippen LogP contribution in [0.1, 0.15) is 46.4 Å². The zero-order chi connectivity index (χ0) is 26.6. The quantitative estimate of drug-likeness (QED) is 0.620. The maximum Gasteiger partial charge on any atom is 0.272 e. The van der Waals surface area contributed by atoms with Gasteiger partial charge in [0.15, 0.2) is 0 Å². The van der Waals surface area contributed by atoms with E-state index in [0.717, 1.165) is 76.5 Å². The summed E-state index contributed by atoms with van der Waals surface area (Å²) in [6.07, 6.45) is 4.46. The number of nitrogens with one attached hydrogen (secondary N) is 1. The van der Waals surface area contributed by atoms with Gasteiger partial charge in [0.1, 0.15) is 17.8 Å². The Bertz CT molecular complexity index is 1110. The number of piperidine rings is 1. The third-order valence-electron chi connectivity index (χ3n) is 8.59. The number of carbonyl (C=O) groups excluding carboxylic acids is 1. The van der Waals surface area contributed by atoms with E-state index in [2.05, 4.69) is 57.1 Å². The number of aromatic nitrogens is 2. The molecule has 1 amide bonds. The fraction of sp³-hybridized carbons (Fsp3) is 0.621. The van der Waals surface area contributed by atoms with E-state index in [1.807, 2.05) is 11.8 Å². The average Bonchev–Trinajstić information content (AvgIpc) is 2.95. The molecule has 5 rings (SSSR count). The zero-order valence-electron chi connectivity index (χ0n) is 23.3. The first-order chi connectivity index (χ1) is 18.5. The molecule has 1 aromatic carbocycles. The van der Waals surface area contributed by atoms with Crippen LogP contribution in [0.15, 0.2) is 24.5 Å². The topological polar surface area (TPSA) is 83.1 Å². The zero-order valence-corrected chi connectivity index (χ0v) is 23.3. The van der Waals surface area contributed by atoms with Crippen molar-refractivity contribution in [3.8, 4) is 0 Å². The first kappa shape index (κ1) is 26.8. The molecule has 3 aliphatic heterocycles. The van der Waals surface area contributed by atoms with Crippen LogP contribution in [0.3, 0.4) is 0 Å². The largest absolute Gasteiger partial charge is 0.379 e. The predicted octanol–water partition coefficient (Wildman–Crippen LogP) is 2.73. The van der Waals surface area contributed by atoms with Crippen LogP contribution in [0.2, 0.25) is 0 Å². The number of carbonyl (C=O) groups is 1. The number of likely N-dealkylation sites (tertiary alicyclic amines) is 1. The molecular weight excluding hydrogens is 480 g/mol. The van der Waals surface area contributed by atoms with Crippen LogP contribution >= 0.6 is 0 Å². The Kier molecular flexibility index (Phi) is 8.45. The Balaban J connectivity index is 1.18. The van der Waals surface area contributed by atoms with E-state index in [0.29, 0.717) is 24.4 Å². The molecule has 9 heteroatoms. The summed E-state index contributed by atoms with van der Waals surface area (Å²) in [5.74, 6) is 0.894. The van der Waals surface area contributed by atoms with Gasteiger partial charge in [0.05, 0.1) is 12.7 Å². The number of ether oxygens (including phenoxy) is 2. The molecule has 1 N–H and O–H groups in total. The fourth-order valence-corrected chi connectivity index (χ4v) is 6.05. The molecule has 2 atom stereocenters. The van der Waals surface area contributed by atoms with Crippen molar-refractivity contribution in [2.45, 2.75) is 58.2 Å². The van der Waals surface area contributed by atoms with Crippen LogP contribution in [0.25, 0.3) is 0 Å². The van der Waals surface area contributed by atoms with Crippen LogP contribution in [-0.4, -0.2) is 98.6 Å². The number of hydrogen-bond acceptors (Lipinski definition) is 8. The lowest BCUT2D eigenvalue weighted by Crippen LogP contribution is -2.54. The number of piperazine rings is 1. The van der Waals surface area contributed by atoms with E-state index in [1.165, 1.54) is 16.8 Å². The fourth-order valence-electron chi connectivity index (χ4n) is 6.05. The second kappa shape index (κ2) is 12.0. The van der Waals surface area contributed by atoms with Crippen molar-refractivity contribution in [1.82, 2.24) is 20.2 Å². The standard InChI is InChI=1S/C29H42N6O3/c1-20-6-5-7-25(21(20)2)33-13-15-34(16-14-33)28-22(3)27(30-19-31-28)29(36)35-11-8-23(9-12-35)32-24-10-17-38-18-26(24)37-4/h5-7,19,23-24,26,32H,8-18H2,1-4H3. The van der Waals surface area contributed by atoms with Crippen molar-refractivity contribution in [3.63, 3.8) is 0 Å². The molecule has 3 fully saturated rings. The van der Waals surface area contributed by atoms with Gasteiger partial charge in [-0.25, -0.2) is 9.97 Å². The number of amides is 1. The molecule has 4 heterocycles. The van der Waals surface area contributed by atoms with Crippen LogP contribution in [0, 0.1) is 20.8 Å². The first-order valence-electron chi connectivity index (χ1n) is 14.0. The summed E-state index contributed by atoms with van der Waals surface area (Å²) in [5, 5.41) is 3.76. The summed E-state index contributed by atoms with van der Waals surface area (Å²) < 4.78 is 11.2. The van der Waals surface area contributed by atoms with Gasteiger partial charge in [-0.3, -0.25) is 4.79 Å². The number of nitrogens with zero attached hydrogens (tertiary/aromatic N) is 5. The number of methoxy groups -OCH3 is 1. The van der Waals surface area contributed by atoms with Gasteiger partial charge in [-0.2, -0.15) is 0 Å². The highest BCUT2D eigenvalue weighted by molar-refractivity contribution is 5.94. The molecule has 3 saturated heterocycles. The SMILES string of the molecule is COC1COCCC1NC1CCN(C(=O)c2ncnc(N3CCN(c4cccc(C)c4C)CC3)c2C)CC1. The molecule has 1 aromatic heterocycles. The van der Waals surface area contributed by atoms with Gasteiger partial charge < -0.3 is 29.5 Å². The lowest BCUT2D eigenvalue weighted by molar-refractivity contribution is -0.0533. The van der Waals surface area contributed by atoms with Crippen LogP contribution in [0.4, 0.5) is 11.5 Å². The van der Waals surface area contributed by atoms with Crippen molar-refractivity contribution in [2.24, 2.45) is 0 Å². The van der Waals surface area contributed by atoms with E-state index >= 15 is 0 Å². The van der Waals surface area contributed by atoms with Gasteiger partial charge >= 0.3 is 0 Å². The van der Waals surface area contributed by atoms with Crippen molar-refractivity contribution < 1.29 is 14.3 Å². The lowest BCUT2D eigenvalue weighted by Gasteiger charge is -2.39. The first-order valence-corrected chi connectivity index (χ1v) is 14.0. The van der Waals surface area contributed by atoms with Gasteiger partial charge in [-0.15, -0.1) is 0 Å². The minimum Gasteiger partial charge on any atom is -0.379 e. The Hall–Kier alpha value is -2.75. The smallest absolute Gasteiger partial charge is 0.272 e. The Morgan fingerprint density at radius 3 is 2.45 bits per heavy atom. The molecule has 0 radical (unpaired) electrons. The van der Waals surface area contributed by atoms with Gasteiger partial charge in [-0.1, -0.05) is 12.1 Å². The van der Waals surface area contributed by atoms with Crippen molar-refractivity contribution >= 4 is 17.4 Å². The Morgan fingerprint density at radius 1 is 0.974 bits per heavy atom. The third-order valence-corrected chi connectivity index (χ3v) is 8.59. The van der Waals surface area contributed by atoms with Gasteiger partial charge in [0.25, 0.3) is 5.91 Å². The summed E-state index contributed by atoms with van der Waals surface area (Å²) >= 11 is 0.